The smallest absolute Gasteiger partial charge is 0.339 e. The summed E-state index contributed by atoms with van der Waals surface area (Å²) < 4.78 is 4.62. The molecule has 0 aromatic heterocycles. The number of ether oxygens (including phenoxy) is 1. The van der Waals surface area contributed by atoms with E-state index in [1.165, 1.54) is 44.4 Å². The van der Waals surface area contributed by atoms with E-state index < -0.39 is 35.5 Å². The number of amides is 4. The van der Waals surface area contributed by atoms with Gasteiger partial charge in [0, 0.05) is 5.92 Å². The Morgan fingerprint density at radius 3 is 2.48 bits per heavy atom. The second-order valence-electron chi connectivity index (χ2n) is 5.89. The van der Waals surface area contributed by atoms with Gasteiger partial charge in [0.1, 0.15) is 0 Å². The van der Waals surface area contributed by atoms with Crippen LogP contribution in [0.5, 0.6) is 0 Å². The Kier molecular flexibility index (Phi) is 5.96. The van der Waals surface area contributed by atoms with Crippen LogP contribution in [0.4, 0.5) is 15.3 Å². The topological polar surface area (TPSA) is 137 Å². The first kappa shape index (κ1) is 19.7. The number of allylic oxidation sites excluding steroid dienone is 2. The van der Waals surface area contributed by atoms with Gasteiger partial charge in [0.05, 0.1) is 29.9 Å². The highest BCUT2D eigenvalue weighted by atomic mass is 16.5. The SMILES string of the molecule is COC(=O)c1ccccc1NC(=O)NC(=O)NC1(C)C=CC=CC1C(=O)[O-]. The maximum Gasteiger partial charge on any atom is 0.339 e. The number of benzene rings is 1. The van der Waals surface area contributed by atoms with Gasteiger partial charge in [0.2, 0.25) is 0 Å². The predicted octanol–water partition coefficient (Wildman–Crippen LogP) is 0.555. The molecule has 0 bridgehead atoms. The number of hydrogen-bond donors (Lipinski definition) is 3. The highest BCUT2D eigenvalue weighted by Gasteiger charge is 2.34. The van der Waals surface area contributed by atoms with E-state index in [-0.39, 0.29) is 11.3 Å². The van der Waals surface area contributed by atoms with Crippen molar-refractivity contribution in [2.45, 2.75) is 12.5 Å². The number of esters is 1. The molecule has 2 unspecified atom stereocenters. The number of nitrogens with one attached hydrogen (secondary N) is 3. The summed E-state index contributed by atoms with van der Waals surface area (Å²) in [5, 5.41) is 18.1. The zero-order valence-corrected chi connectivity index (χ0v) is 14.6. The van der Waals surface area contributed by atoms with Crippen molar-refractivity contribution in [3.05, 3.63) is 54.1 Å². The lowest BCUT2D eigenvalue weighted by atomic mass is 9.82. The van der Waals surface area contributed by atoms with Crippen LogP contribution in [0.15, 0.2) is 48.6 Å². The number of carboxylic acids is 1. The lowest BCUT2D eigenvalue weighted by Gasteiger charge is -2.36. The van der Waals surface area contributed by atoms with Crippen molar-refractivity contribution in [2.24, 2.45) is 5.92 Å². The van der Waals surface area contributed by atoms with E-state index in [1.807, 2.05) is 5.32 Å². The molecule has 0 heterocycles. The van der Waals surface area contributed by atoms with Crippen LogP contribution in [0, 0.1) is 5.92 Å². The van der Waals surface area contributed by atoms with Gasteiger partial charge in [-0.25, -0.2) is 14.4 Å². The van der Waals surface area contributed by atoms with Gasteiger partial charge in [-0.05, 0) is 19.1 Å². The van der Waals surface area contributed by atoms with Gasteiger partial charge < -0.3 is 25.3 Å². The van der Waals surface area contributed by atoms with Crippen molar-refractivity contribution in [2.75, 3.05) is 12.4 Å². The number of rotatable bonds is 4. The molecule has 0 saturated carbocycles. The summed E-state index contributed by atoms with van der Waals surface area (Å²) in [5.41, 5.74) is -1.02. The minimum Gasteiger partial charge on any atom is -0.549 e. The number of imide groups is 1. The summed E-state index contributed by atoms with van der Waals surface area (Å²) in [6.45, 7) is 1.48. The maximum absolute atomic E-state index is 12.1. The van der Waals surface area contributed by atoms with E-state index in [4.69, 9.17) is 0 Å². The molecule has 3 N–H and O–H groups in total. The monoisotopic (exact) mass is 372 g/mol. The molecule has 27 heavy (non-hydrogen) atoms. The van der Waals surface area contributed by atoms with E-state index in [1.54, 1.807) is 18.2 Å². The molecule has 0 aliphatic heterocycles. The Hall–Kier alpha value is -3.62. The molecule has 1 aliphatic carbocycles. The van der Waals surface area contributed by atoms with Gasteiger partial charge in [-0.2, -0.15) is 0 Å². The molecule has 0 radical (unpaired) electrons. The largest absolute Gasteiger partial charge is 0.549 e. The van der Waals surface area contributed by atoms with Gasteiger partial charge in [0.25, 0.3) is 0 Å². The fourth-order valence-corrected chi connectivity index (χ4v) is 2.59. The minimum atomic E-state index is -1.37. The van der Waals surface area contributed by atoms with Crippen LogP contribution >= 0.6 is 0 Å². The third-order valence-electron chi connectivity index (χ3n) is 3.95. The van der Waals surface area contributed by atoms with Gasteiger partial charge >= 0.3 is 18.0 Å². The van der Waals surface area contributed by atoms with Crippen LogP contribution in [0.2, 0.25) is 0 Å². The van der Waals surface area contributed by atoms with Crippen molar-refractivity contribution in [3.8, 4) is 0 Å². The molecule has 2 atom stereocenters. The van der Waals surface area contributed by atoms with Gasteiger partial charge in [-0.15, -0.1) is 0 Å². The Bertz CT molecular complexity index is 832. The fourth-order valence-electron chi connectivity index (χ4n) is 2.59. The molecule has 142 valence electrons. The summed E-state index contributed by atoms with van der Waals surface area (Å²) >= 11 is 0. The number of carbonyl (C=O) groups is 4. The first-order valence-electron chi connectivity index (χ1n) is 7.91. The Morgan fingerprint density at radius 1 is 1.11 bits per heavy atom. The second kappa shape index (κ2) is 8.17. The Labute approximate surface area is 155 Å². The molecule has 1 aromatic rings. The first-order valence-corrected chi connectivity index (χ1v) is 7.91. The molecular weight excluding hydrogens is 354 g/mol. The predicted molar refractivity (Wildman–Crippen MR) is 93.6 cm³/mol. The fraction of sp³-hybridized carbons (Fsp3) is 0.222. The van der Waals surface area contributed by atoms with Gasteiger partial charge in [-0.3, -0.25) is 5.32 Å². The molecule has 9 nitrogen and oxygen atoms in total. The average molecular weight is 372 g/mol. The molecular formula is C18H18N3O6-. The molecule has 0 spiro atoms. The number of carboxylic acid groups (broad SMARTS) is 1. The lowest BCUT2D eigenvalue weighted by molar-refractivity contribution is -0.311. The minimum absolute atomic E-state index is 0.111. The summed E-state index contributed by atoms with van der Waals surface area (Å²) in [5.74, 6) is -3.12. The normalized spacial score (nSPS) is 20.4. The third-order valence-corrected chi connectivity index (χ3v) is 3.95. The Balaban J connectivity index is 2.04. The van der Waals surface area contributed by atoms with Crippen LogP contribution in [0.25, 0.3) is 0 Å². The molecule has 0 saturated heterocycles. The number of carbonyl (C=O) groups excluding carboxylic acids is 4. The van der Waals surface area contributed by atoms with Crippen molar-refractivity contribution in [1.82, 2.24) is 10.6 Å². The van der Waals surface area contributed by atoms with Crippen LogP contribution < -0.4 is 21.1 Å². The number of urea groups is 2. The maximum atomic E-state index is 12.1. The quantitative estimate of drug-likeness (QED) is 0.661. The van der Waals surface area contributed by atoms with Crippen molar-refractivity contribution >= 4 is 29.7 Å². The van der Waals surface area contributed by atoms with Crippen molar-refractivity contribution in [3.63, 3.8) is 0 Å². The molecule has 0 fully saturated rings. The number of methoxy groups -OCH3 is 1. The van der Waals surface area contributed by atoms with Crippen LogP contribution in [-0.4, -0.2) is 36.6 Å². The summed E-state index contributed by atoms with van der Waals surface area (Å²) in [7, 11) is 1.20. The van der Waals surface area contributed by atoms with Crippen molar-refractivity contribution in [1.29, 1.82) is 0 Å². The third kappa shape index (κ3) is 4.72. The van der Waals surface area contributed by atoms with Gasteiger partial charge in [-0.1, -0.05) is 36.4 Å². The molecule has 1 aliphatic rings. The van der Waals surface area contributed by atoms with E-state index in [0.29, 0.717) is 0 Å². The van der Waals surface area contributed by atoms with E-state index in [9.17, 15) is 24.3 Å². The zero-order chi connectivity index (χ0) is 20.0. The standard InChI is InChI=1S/C18H19N3O6/c1-18(10-6-5-8-12(18)14(22)23)21-17(26)20-16(25)19-13-9-4-3-7-11(13)15(24)27-2/h3-10,12H,1-2H3,(H,22,23)(H3,19,20,21,25,26)/p-1. The highest BCUT2D eigenvalue weighted by molar-refractivity contribution is 6.05. The Morgan fingerprint density at radius 2 is 1.81 bits per heavy atom. The van der Waals surface area contributed by atoms with Crippen LogP contribution in [0.3, 0.4) is 0 Å². The molecule has 1 aromatic carbocycles. The molecule has 4 amide bonds. The number of aliphatic carboxylic acids is 1. The lowest BCUT2D eigenvalue weighted by Crippen LogP contribution is -2.58. The second-order valence-corrected chi connectivity index (χ2v) is 5.89. The summed E-state index contributed by atoms with van der Waals surface area (Å²) in [6, 6.07) is 4.26. The number of hydrogen-bond acceptors (Lipinski definition) is 6. The summed E-state index contributed by atoms with van der Waals surface area (Å²) in [4.78, 5) is 47.1. The first-order chi connectivity index (χ1) is 12.8. The number of para-hydroxylation sites is 1. The summed E-state index contributed by atoms with van der Waals surface area (Å²) in [6.07, 6.45) is 5.96. The van der Waals surface area contributed by atoms with Crippen LogP contribution in [-0.2, 0) is 9.53 Å². The average Bonchev–Trinajstić information content (AvgIpc) is 2.60. The van der Waals surface area contributed by atoms with Crippen LogP contribution in [0.1, 0.15) is 17.3 Å². The van der Waals surface area contributed by atoms with E-state index in [2.05, 4.69) is 15.4 Å². The molecule has 9 heteroatoms. The van der Waals surface area contributed by atoms with E-state index in [0.717, 1.165) is 0 Å². The van der Waals surface area contributed by atoms with Gasteiger partial charge in [0.15, 0.2) is 0 Å². The zero-order valence-electron chi connectivity index (χ0n) is 14.6. The van der Waals surface area contributed by atoms with E-state index >= 15 is 0 Å². The van der Waals surface area contributed by atoms with Crippen molar-refractivity contribution < 1.29 is 29.0 Å². The molecule has 2 rings (SSSR count). The number of anilines is 1. The highest BCUT2D eigenvalue weighted by Crippen LogP contribution is 2.23.